The van der Waals surface area contributed by atoms with Crippen molar-refractivity contribution in [2.75, 3.05) is 6.54 Å². The summed E-state index contributed by atoms with van der Waals surface area (Å²) < 4.78 is 37.6. The third-order valence-electron chi connectivity index (χ3n) is 3.91. The fraction of sp³-hybridized carbons (Fsp3) is 0.667. The second kappa shape index (κ2) is 6.57. The van der Waals surface area contributed by atoms with Crippen molar-refractivity contribution < 1.29 is 13.2 Å². The van der Waals surface area contributed by atoms with Gasteiger partial charge in [-0.1, -0.05) is 26.2 Å². The van der Waals surface area contributed by atoms with Crippen LogP contribution in [0.4, 0.5) is 13.2 Å². The standard InChI is InChI=1S/C15H21F3N2/c1-2-8-19-14(9-11-4-3-5-11)13-7-6-12(10-20-13)15(16,17)18/h6-7,10-11,14,19H,2-5,8-9H2,1H3. The molecule has 1 saturated carbocycles. The number of pyridine rings is 1. The van der Waals surface area contributed by atoms with Crippen molar-refractivity contribution in [3.63, 3.8) is 0 Å². The van der Waals surface area contributed by atoms with E-state index < -0.39 is 11.7 Å². The predicted octanol–water partition coefficient (Wildman–Crippen LogP) is 4.33. The Labute approximate surface area is 117 Å². The monoisotopic (exact) mass is 286 g/mol. The van der Waals surface area contributed by atoms with Crippen molar-refractivity contribution in [1.29, 1.82) is 0 Å². The fourth-order valence-electron chi connectivity index (χ4n) is 2.47. The summed E-state index contributed by atoms with van der Waals surface area (Å²) in [6, 6.07) is 2.71. The summed E-state index contributed by atoms with van der Waals surface area (Å²) in [5.41, 5.74) is 0.0393. The maximum Gasteiger partial charge on any atom is 0.417 e. The Morgan fingerprint density at radius 3 is 2.55 bits per heavy atom. The van der Waals surface area contributed by atoms with Gasteiger partial charge in [0.2, 0.25) is 0 Å². The topological polar surface area (TPSA) is 24.9 Å². The van der Waals surface area contributed by atoms with Crippen molar-refractivity contribution in [3.8, 4) is 0 Å². The summed E-state index contributed by atoms with van der Waals surface area (Å²) in [5, 5.41) is 3.40. The van der Waals surface area contributed by atoms with Gasteiger partial charge in [-0.2, -0.15) is 13.2 Å². The number of nitrogens with zero attached hydrogens (tertiary/aromatic N) is 1. The molecule has 0 aliphatic heterocycles. The molecule has 0 bridgehead atoms. The minimum atomic E-state index is -4.31. The molecular weight excluding hydrogens is 265 g/mol. The Balaban J connectivity index is 2.06. The number of nitrogens with one attached hydrogen (secondary N) is 1. The van der Waals surface area contributed by atoms with Crippen molar-refractivity contribution in [3.05, 3.63) is 29.6 Å². The lowest BCUT2D eigenvalue weighted by atomic mass is 9.80. The maximum atomic E-state index is 12.5. The van der Waals surface area contributed by atoms with Crippen LogP contribution < -0.4 is 5.32 Å². The van der Waals surface area contributed by atoms with Crippen LogP contribution in [0.3, 0.4) is 0 Å². The summed E-state index contributed by atoms with van der Waals surface area (Å²) in [5.74, 6) is 0.688. The van der Waals surface area contributed by atoms with Gasteiger partial charge in [0.05, 0.1) is 11.3 Å². The van der Waals surface area contributed by atoms with Gasteiger partial charge in [0, 0.05) is 12.2 Å². The van der Waals surface area contributed by atoms with Crippen molar-refractivity contribution in [2.24, 2.45) is 5.92 Å². The molecule has 1 aromatic heterocycles. The van der Waals surface area contributed by atoms with Crippen LogP contribution in [-0.4, -0.2) is 11.5 Å². The van der Waals surface area contributed by atoms with Crippen molar-refractivity contribution >= 4 is 0 Å². The molecule has 2 nitrogen and oxygen atoms in total. The number of halogens is 3. The first kappa shape index (κ1) is 15.3. The van der Waals surface area contributed by atoms with Gasteiger partial charge in [-0.3, -0.25) is 4.98 Å². The van der Waals surface area contributed by atoms with Crippen LogP contribution in [-0.2, 0) is 6.18 Å². The van der Waals surface area contributed by atoms with Crippen LogP contribution in [0, 0.1) is 5.92 Å². The Bertz CT molecular complexity index is 410. The average molecular weight is 286 g/mol. The molecule has 20 heavy (non-hydrogen) atoms. The third-order valence-corrected chi connectivity index (χ3v) is 3.91. The molecule has 0 saturated heterocycles. The second-order valence-corrected chi connectivity index (χ2v) is 5.51. The minimum absolute atomic E-state index is 0.0718. The number of hydrogen-bond acceptors (Lipinski definition) is 2. The summed E-state index contributed by atoms with van der Waals surface area (Å²) in [6.07, 6.45) is 2.32. The van der Waals surface area contributed by atoms with E-state index in [1.54, 1.807) is 0 Å². The smallest absolute Gasteiger partial charge is 0.309 e. The molecule has 0 spiro atoms. The first-order valence-corrected chi connectivity index (χ1v) is 7.27. The van der Waals surface area contributed by atoms with E-state index in [4.69, 9.17) is 0 Å². The number of aromatic nitrogens is 1. The first-order valence-electron chi connectivity index (χ1n) is 7.27. The Hall–Kier alpha value is -1.10. The van der Waals surface area contributed by atoms with E-state index in [9.17, 15) is 13.2 Å². The summed E-state index contributed by atoms with van der Waals surface area (Å²) in [7, 11) is 0. The fourth-order valence-corrected chi connectivity index (χ4v) is 2.47. The van der Waals surface area contributed by atoms with Crippen LogP contribution >= 0.6 is 0 Å². The van der Waals surface area contributed by atoms with Crippen LogP contribution in [0.15, 0.2) is 18.3 Å². The van der Waals surface area contributed by atoms with E-state index >= 15 is 0 Å². The molecule has 1 N–H and O–H groups in total. The van der Waals surface area contributed by atoms with Crippen LogP contribution in [0.25, 0.3) is 0 Å². The van der Waals surface area contributed by atoms with Crippen LogP contribution in [0.2, 0.25) is 0 Å². The van der Waals surface area contributed by atoms with E-state index in [1.807, 2.05) is 0 Å². The second-order valence-electron chi connectivity index (χ2n) is 5.51. The van der Waals surface area contributed by atoms with Crippen LogP contribution in [0.5, 0.6) is 0 Å². The van der Waals surface area contributed by atoms with Gasteiger partial charge in [0.1, 0.15) is 0 Å². The Morgan fingerprint density at radius 1 is 1.35 bits per heavy atom. The summed E-state index contributed by atoms with van der Waals surface area (Å²) >= 11 is 0. The minimum Gasteiger partial charge on any atom is -0.309 e. The molecule has 0 radical (unpaired) electrons. The van der Waals surface area contributed by atoms with Gasteiger partial charge in [-0.05, 0) is 37.4 Å². The average Bonchev–Trinajstić information content (AvgIpc) is 2.36. The van der Waals surface area contributed by atoms with Gasteiger partial charge in [-0.15, -0.1) is 0 Å². The number of alkyl halides is 3. The van der Waals surface area contributed by atoms with Crippen molar-refractivity contribution in [2.45, 2.75) is 51.2 Å². The van der Waals surface area contributed by atoms with E-state index in [0.29, 0.717) is 5.92 Å². The van der Waals surface area contributed by atoms with E-state index in [0.717, 1.165) is 37.3 Å². The van der Waals surface area contributed by atoms with Gasteiger partial charge < -0.3 is 5.32 Å². The normalized spacial score (nSPS) is 17.8. The molecule has 112 valence electrons. The SMILES string of the molecule is CCCNC(CC1CCC1)c1ccc(C(F)(F)F)cn1. The Kier molecular flexibility index (Phi) is 5.02. The van der Waals surface area contributed by atoms with E-state index in [1.165, 1.54) is 25.3 Å². The summed E-state index contributed by atoms with van der Waals surface area (Å²) in [4.78, 5) is 4.03. The van der Waals surface area contributed by atoms with Crippen LogP contribution in [0.1, 0.15) is 56.3 Å². The number of hydrogen-bond donors (Lipinski definition) is 1. The molecule has 0 aromatic carbocycles. The highest BCUT2D eigenvalue weighted by molar-refractivity contribution is 5.19. The highest BCUT2D eigenvalue weighted by atomic mass is 19.4. The third kappa shape index (κ3) is 3.95. The lowest BCUT2D eigenvalue weighted by Crippen LogP contribution is -2.27. The Morgan fingerprint density at radius 2 is 2.10 bits per heavy atom. The van der Waals surface area contributed by atoms with Gasteiger partial charge in [0.15, 0.2) is 0 Å². The molecule has 5 heteroatoms. The molecule has 1 fully saturated rings. The quantitative estimate of drug-likeness (QED) is 0.842. The molecular formula is C15H21F3N2. The molecule has 1 unspecified atom stereocenters. The van der Waals surface area contributed by atoms with Crippen molar-refractivity contribution in [1.82, 2.24) is 10.3 Å². The summed E-state index contributed by atoms with van der Waals surface area (Å²) in [6.45, 7) is 2.94. The van der Waals surface area contributed by atoms with E-state index in [-0.39, 0.29) is 6.04 Å². The molecule has 1 atom stereocenters. The van der Waals surface area contributed by atoms with Gasteiger partial charge >= 0.3 is 6.18 Å². The molecule has 1 aliphatic rings. The number of rotatable bonds is 6. The molecule has 1 heterocycles. The zero-order valence-corrected chi connectivity index (χ0v) is 11.7. The lowest BCUT2D eigenvalue weighted by molar-refractivity contribution is -0.137. The maximum absolute atomic E-state index is 12.5. The molecule has 1 aliphatic carbocycles. The van der Waals surface area contributed by atoms with E-state index in [2.05, 4.69) is 17.2 Å². The highest BCUT2D eigenvalue weighted by Crippen LogP contribution is 2.35. The predicted molar refractivity (Wildman–Crippen MR) is 72.2 cm³/mol. The highest BCUT2D eigenvalue weighted by Gasteiger charge is 2.31. The lowest BCUT2D eigenvalue weighted by Gasteiger charge is -2.30. The molecule has 0 amide bonds. The zero-order valence-electron chi connectivity index (χ0n) is 11.7. The largest absolute Gasteiger partial charge is 0.417 e. The zero-order chi connectivity index (χ0) is 14.6. The molecule has 1 aromatic rings. The molecule has 2 rings (SSSR count). The van der Waals surface area contributed by atoms with Gasteiger partial charge in [0.25, 0.3) is 0 Å². The first-order chi connectivity index (χ1) is 9.50. The van der Waals surface area contributed by atoms with Gasteiger partial charge in [-0.25, -0.2) is 0 Å².